The Balaban J connectivity index is 3.07. The van der Waals surface area contributed by atoms with Crippen LogP contribution in [0.1, 0.15) is 162 Å². The molecule has 0 aromatic rings. The number of aliphatic hydroxyl groups excluding tert-OH is 1. The Morgan fingerprint density at radius 3 is 1.10 bits per heavy atom. The van der Waals surface area contributed by atoms with Gasteiger partial charge < -0.3 is 9.84 Å². The number of rotatable bonds is 26. The van der Waals surface area contributed by atoms with Crippen LogP contribution in [0.2, 0.25) is 0 Å². The van der Waals surface area contributed by atoms with Crippen LogP contribution in [0, 0.1) is 0 Å². The number of unbranched alkanes of at least 4 members (excludes halogenated alkanes) is 18. The number of hydrogen-bond donors (Lipinski definition) is 1. The van der Waals surface area contributed by atoms with Crippen LogP contribution in [0.15, 0.2) is 0 Å². The van der Waals surface area contributed by atoms with E-state index in [9.17, 15) is 5.11 Å². The van der Waals surface area contributed by atoms with Gasteiger partial charge in [0.2, 0.25) is 0 Å². The molecular formula is C28H58O2. The molecule has 2 nitrogen and oxygen atoms in total. The second kappa shape index (κ2) is 27.0. The van der Waals surface area contributed by atoms with Gasteiger partial charge in [0.25, 0.3) is 0 Å². The van der Waals surface area contributed by atoms with Gasteiger partial charge in [-0.05, 0) is 25.7 Å². The fraction of sp³-hybridized carbons (Fsp3) is 1.00. The number of ether oxygens (including phenoxy) is 1. The molecule has 30 heavy (non-hydrogen) atoms. The first-order chi connectivity index (χ1) is 14.8. The molecule has 0 aliphatic carbocycles. The highest BCUT2D eigenvalue weighted by Crippen LogP contribution is 2.14. The topological polar surface area (TPSA) is 29.5 Å². The van der Waals surface area contributed by atoms with Crippen molar-refractivity contribution in [1.29, 1.82) is 0 Å². The van der Waals surface area contributed by atoms with Crippen molar-refractivity contribution in [3.8, 4) is 0 Å². The zero-order chi connectivity index (χ0) is 22.0. The van der Waals surface area contributed by atoms with Gasteiger partial charge in [-0.3, -0.25) is 0 Å². The molecule has 0 aliphatic heterocycles. The van der Waals surface area contributed by atoms with Crippen molar-refractivity contribution in [2.75, 3.05) is 13.2 Å². The Labute approximate surface area is 191 Å². The van der Waals surface area contributed by atoms with E-state index in [-0.39, 0.29) is 6.10 Å². The van der Waals surface area contributed by atoms with Crippen LogP contribution in [0.25, 0.3) is 0 Å². The standard InChI is InChI=1S/C28H58O2/c1-3-5-7-9-10-11-12-13-14-15-18-22-26-30-27-23-19-17-21-25-28(29)24-20-16-8-6-4-2/h28-29H,3-27H2,1-2H3. The minimum Gasteiger partial charge on any atom is -0.393 e. The fourth-order valence-corrected chi connectivity index (χ4v) is 4.21. The first kappa shape index (κ1) is 29.9. The molecule has 2 heteroatoms. The molecule has 1 unspecified atom stereocenters. The molecule has 0 aliphatic rings. The molecule has 0 amide bonds. The molecule has 0 spiro atoms. The third kappa shape index (κ3) is 26.0. The van der Waals surface area contributed by atoms with Crippen molar-refractivity contribution in [2.24, 2.45) is 0 Å². The second-order valence-corrected chi connectivity index (χ2v) is 9.56. The Kier molecular flexibility index (Phi) is 26.9. The van der Waals surface area contributed by atoms with E-state index in [0.29, 0.717) is 0 Å². The lowest BCUT2D eigenvalue weighted by Gasteiger charge is -2.10. The van der Waals surface area contributed by atoms with Gasteiger partial charge in [-0.1, -0.05) is 136 Å². The number of hydrogen-bond acceptors (Lipinski definition) is 2. The lowest BCUT2D eigenvalue weighted by molar-refractivity contribution is 0.124. The molecule has 1 N–H and O–H groups in total. The van der Waals surface area contributed by atoms with Crippen molar-refractivity contribution in [1.82, 2.24) is 0 Å². The molecular weight excluding hydrogens is 368 g/mol. The highest BCUT2D eigenvalue weighted by Gasteiger charge is 2.03. The predicted molar refractivity (Wildman–Crippen MR) is 134 cm³/mol. The van der Waals surface area contributed by atoms with E-state index in [0.717, 1.165) is 26.1 Å². The fourth-order valence-electron chi connectivity index (χ4n) is 4.21. The Morgan fingerprint density at radius 1 is 0.433 bits per heavy atom. The van der Waals surface area contributed by atoms with Crippen molar-refractivity contribution in [2.45, 2.75) is 168 Å². The van der Waals surface area contributed by atoms with Gasteiger partial charge in [0.1, 0.15) is 0 Å². The van der Waals surface area contributed by atoms with Crippen LogP contribution in [-0.2, 0) is 4.74 Å². The maximum absolute atomic E-state index is 10.0. The summed E-state index contributed by atoms with van der Waals surface area (Å²) in [7, 11) is 0. The average Bonchev–Trinajstić information content (AvgIpc) is 2.75. The third-order valence-electron chi connectivity index (χ3n) is 6.36. The second-order valence-electron chi connectivity index (χ2n) is 9.56. The van der Waals surface area contributed by atoms with Gasteiger partial charge >= 0.3 is 0 Å². The summed E-state index contributed by atoms with van der Waals surface area (Å²) < 4.78 is 5.79. The summed E-state index contributed by atoms with van der Waals surface area (Å²) in [5.41, 5.74) is 0. The predicted octanol–water partition coefficient (Wildman–Crippen LogP) is 9.38. The molecule has 0 bridgehead atoms. The lowest BCUT2D eigenvalue weighted by Crippen LogP contribution is -2.06. The van der Waals surface area contributed by atoms with E-state index in [1.807, 2.05) is 0 Å². The zero-order valence-electron chi connectivity index (χ0n) is 21.1. The van der Waals surface area contributed by atoms with Crippen molar-refractivity contribution in [3.63, 3.8) is 0 Å². The minimum atomic E-state index is -0.0614. The molecule has 0 fully saturated rings. The maximum Gasteiger partial charge on any atom is 0.0540 e. The van der Waals surface area contributed by atoms with Gasteiger partial charge in [0, 0.05) is 13.2 Å². The van der Waals surface area contributed by atoms with E-state index >= 15 is 0 Å². The molecule has 0 aromatic carbocycles. The molecule has 182 valence electrons. The molecule has 0 radical (unpaired) electrons. The largest absolute Gasteiger partial charge is 0.393 e. The third-order valence-corrected chi connectivity index (χ3v) is 6.36. The normalized spacial score (nSPS) is 12.5. The summed E-state index contributed by atoms with van der Waals surface area (Å²) in [6.07, 6.45) is 30.1. The Morgan fingerprint density at radius 2 is 0.733 bits per heavy atom. The maximum atomic E-state index is 10.0. The van der Waals surface area contributed by atoms with Gasteiger partial charge in [-0.15, -0.1) is 0 Å². The summed E-state index contributed by atoms with van der Waals surface area (Å²) in [5, 5.41) is 10.0. The summed E-state index contributed by atoms with van der Waals surface area (Å²) in [6.45, 7) is 6.42. The van der Waals surface area contributed by atoms with Crippen LogP contribution in [0.5, 0.6) is 0 Å². The highest BCUT2D eigenvalue weighted by molar-refractivity contribution is 4.57. The summed E-state index contributed by atoms with van der Waals surface area (Å²) >= 11 is 0. The zero-order valence-corrected chi connectivity index (χ0v) is 21.1. The minimum absolute atomic E-state index is 0.0614. The van der Waals surface area contributed by atoms with Gasteiger partial charge in [-0.25, -0.2) is 0 Å². The lowest BCUT2D eigenvalue weighted by atomic mass is 10.0. The van der Waals surface area contributed by atoms with Gasteiger partial charge in [-0.2, -0.15) is 0 Å². The molecule has 0 saturated heterocycles. The van der Waals surface area contributed by atoms with E-state index in [1.165, 1.54) is 135 Å². The summed E-state index contributed by atoms with van der Waals surface area (Å²) in [6, 6.07) is 0. The van der Waals surface area contributed by atoms with Crippen molar-refractivity contribution >= 4 is 0 Å². The number of aliphatic hydroxyl groups is 1. The van der Waals surface area contributed by atoms with Crippen LogP contribution in [0.3, 0.4) is 0 Å². The smallest absolute Gasteiger partial charge is 0.0540 e. The molecule has 0 rings (SSSR count). The van der Waals surface area contributed by atoms with Crippen LogP contribution in [0.4, 0.5) is 0 Å². The highest BCUT2D eigenvalue weighted by atomic mass is 16.5. The monoisotopic (exact) mass is 426 g/mol. The Bertz CT molecular complexity index is 292. The molecule has 0 aromatic heterocycles. The SMILES string of the molecule is CCCCCCCCCCCCCCOCCCCCCC(O)CCCCCCC. The van der Waals surface area contributed by atoms with Crippen LogP contribution < -0.4 is 0 Å². The summed E-state index contributed by atoms with van der Waals surface area (Å²) in [5.74, 6) is 0. The Hall–Kier alpha value is -0.0800. The average molecular weight is 427 g/mol. The van der Waals surface area contributed by atoms with E-state index in [4.69, 9.17) is 4.74 Å². The summed E-state index contributed by atoms with van der Waals surface area (Å²) in [4.78, 5) is 0. The van der Waals surface area contributed by atoms with Crippen LogP contribution >= 0.6 is 0 Å². The molecule has 1 atom stereocenters. The van der Waals surface area contributed by atoms with Crippen molar-refractivity contribution in [3.05, 3.63) is 0 Å². The van der Waals surface area contributed by atoms with E-state index < -0.39 is 0 Å². The first-order valence-corrected chi connectivity index (χ1v) is 14.1. The molecule has 0 heterocycles. The van der Waals surface area contributed by atoms with Gasteiger partial charge in [0.15, 0.2) is 0 Å². The molecule has 0 saturated carbocycles. The van der Waals surface area contributed by atoms with Gasteiger partial charge in [0.05, 0.1) is 6.10 Å². The first-order valence-electron chi connectivity index (χ1n) is 14.1. The van der Waals surface area contributed by atoms with E-state index in [2.05, 4.69) is 13.8 Å². The quantitative estimate of drug-likeness (QED) is 0.140. The van der Waals surface area contributed by atoms with E-state index in [1.54, 1.807) is 0 Å². The van der Waals surface area contributed by atoms with Crippen LogP contribution in [-0.4, -0.2) is 24.4 Å². The van der Waals surface area contributed by atoms with Crippen molar-refractivity contribution < 1.29 is 9.84 Å².